The molecule has 22 heavy (non-hydrogen) atoms. The van der Waals surface area contributed by atoms with Gasteiger partial charge in [-0.2, -0.15) is 7.05 Å². The van der Waals surface area contributed by atoms with Gasteiger partial charge in [0, 0.05) is 12.3 Å². The summed E-state index contributed by atoms with van der Waals surface area (Å²) in [7, 11) is 4.21. The monoisotopic (exact) mass is 301 g/mol. The van der Waals surface area contributed by atoms with E-state index in [1.54, 1.807) is 5.57 Å². The molecule has 0 amide bonds. The zero-order chi connectivity index (χ0) is 16.1. The molecule has 0 heterocycles. The third-order valence-electron chi connectivity index (χ3n) is 7.48. The van der Waals surface area contributed by atoms with Crippen molar-refractivity contribution in [3.63, 3.8) is 0 Å². The summed E-state index contributed by atoms with van der Waals surface area (Å²) in [6.45, 7) is 15.9. The summed E-state index contributed by atoms with van der Waals surface area (Å²) in [5, 5.41) is 2.28. The Morgan fingerprint density at radius 3 is 2.77 bits per heavy atom. The van der Waals surface area contributed by atoms with Crippen molar-refractivity contribution in [2.24, 2.45) is 35.5 Å². The highest BCUT2D eigenvalue weighted by molar-refractivity contribution is 5.18. The van der Waals surface area contributed by atoms with Crippen LogP contribution in [0, 0.1) is 42.6 Å². The summed E-state index contributed by atoms with van der Waals surface area (Å²) in [6, 6.07) is 0. The molecule has 3 aliphatic rings. The fourth-order valence-corrected chi connectivity index (χ4v) is 6.43. The molecule has 3 fully saturated rings. The Balaban J connectivity index is 1.96. The van der Waals surface area contributed by atoms with Gasteiger partial charge in [0.05, 0.1) is 5.54 Å². The van der Waals surface area contributed by atoms with E-state index in [0.717, 1.165) is 35.5 Å². The van der Waals surface area contributed by atoms with Crippen LogP contribution < -0.4 is 5.32 Å². The Hall–Kier alpha value is -0.560. The Kier molecular flexibility index (Phi) is 4.31. The van der Waals surface area contributed by atoms with Crippen molar-refractivity contribution in [1.29, 1.82) is 0 Å². The standard InChI is InChI=1S/C21H35N/c1-13(2)11-16-12-15(4)17-9-10-21(5,22-6)18-8-7-14(3)19(16)20(17)18/h15-20H,1,3,6-12,22H2,2,4-5H3/t15-,16+,17+,18-,19-,20+,21+/m1/s1. The van der Waals surface area contributed by atoms with Gasteiger partial charge in [-0.1, -0.05) is 24.6 Å². The minimum Gasteiger partial charge on any atom is -0.474 e. The van der Waals surface area contributed by atoms with Crippen LogP contribution in [0.5, 0.6) is 0 Å². The van der Waals surface area contributed by atoms with Crippen LogP contribution in [0.4, 0.5) is 0 Å². The minimum absolute atomic E-state index is 0.352. The second-order valence-corrected chi connectivity index (χ2v) is 8.95. The molecule has 2 N–H and O–H groups in total. The average molecular weight is 302 g/mol. The summed E-state index contributed by atoms with van der Waals surface area (Å²) < 4.78 is 0. The van der Waals surface area contributed by atoms with Crippen molar-refractivity contribution < 1.29 is 5.32 Å². The molecule has 1 nitrogen and oxygen atoms in total. The number of allylic oxidation sites excluding steroid dienone is 2. The molecule has 0 radical (unpaired) electrons. The quantitative estimate of drug-likeness (QED) is 0.590. The summed E-state index contributed by atoms with van der Waals surface area (Å²) in [5.41, 5.74) is 3.26. The average Bonchev–Trinajstić information content (AvgIpc) is 2.45. The van der Waals surface area contributed by atoms with E-state index in [2.05, 4.69) is 46.3 Å². The number of nitrogens with two attached hydrogens (primary N) is 1. The normalized spacial score (nSPS) is 47.9. The van der Waals surface area contributed by atoms with E-state index in [9.17, 15) is 0 Å². The molecule has 0 saturated heterocycles. The fraction of sp³-hybridized carbons (Fsp3) is 0.762. The maximum absolute atomic E-state index is 4.53. The van der Waals surface area contributed by atoms with E-state index in [4.69, 9.17) is 0 Å². The molecule has 0 unspecified atom stereocenters. The first-order valence-corrected chi connectivity index (χ1v) is 9.33. The molecule has 1 heteroatoms. The van der Waals surface area contributed by atoms with Gasteiger partial charge < -0.3 is 5.32 Å². The van der Waals surface area contributed by atoms with Gasteiger partial charge >= 0.3 is 0 Å². The van der Waals surface area contributed by atoms with Crippen molar-refractivity contribution in [2.75, 3.05) is 0 Å². The van der Waals surface area contributed by atoms with Crippen LogP contribution in [0.3, 0.4) is 0 Å². The van der Waals surface area contributed by atoms with E-state index in [1.807, 2.05) is 0 Å². The second-order valence-electron chi connectivity index (χ2n) is 8.95. The lowest BCUT2D eigenvalue weighted by Crippen LogP contribution is -2.94. The van der Waals surface area contributed by atoms with Gasteiger partial charge in [-0.05, 0) is 75.5 Å². The van der Waals surface area contributed by atoms with Crippen molar-refractivity contribution in [3.05, 3.63) is 31.4 Å². The second kappa shape index (κ2) is 5.82. The Morgan fingerprint density at radius 2 is 2.14 bits per heavy atom. The minimum atomic E-state index is 0.352. The van der Waals surface area contributed by atoms with Crippen LogP contribution in [-0.2, 0) is 0 Å². The van der Waals surface area contributed by atoms with Gasteiger partial charge in [0.25, 0.3) is 0 Å². The molecule has 3 saturated carbocycles. The zero-order valence-electron chi connectivity index (χ0n) is 14.9. The Labute approximate surface area is 137 Å². The molecule has 0 aromatic carbocycles. The largest absolute Gasteiger partial charge is 0.474 e. The van der Waals surface area contributed by atoms with Crippen LogP contribution in [0.15, 0.2) is 24.3 Å². The van der Waals surface area contributed by atoms with Gasteiger partial charge in [-0.3, -0.25) is 0 Å². The molecular formula is C21H35N. The van der Waals surface area contributed by atoms with Gasteiger partial charge in [0.2, 0.25) is 0 Å². The lowest BCUT2D eigenvalue weighted by molar-refractivity contribution is -0.688. The van der Waals surface area contributed by atoms with E-state index in [1.165, 1.54) is 44.1 Å². The van der Waals surface area contributed by atoms with Gasteiger partial charge in [0.15, 0.2) is 0 Å². The van der Waals surface area contributed by atoms with E-state index < -0.39 is 0 Å². The summed E-state index contributed by atoms with van der Waals surface area (Å²) in [5.74, 6) is 5.00. The highest BCUT2D eigenvalue weighted by Gasteiger charge is 2.56. The molecule has 7 atom stereocenters. The lowest BCUT2D eigenvalue weighted by atomic mass is 9.46. The SMILES string of the molecule is C=C(C)C[C@H]1C[C@@H](C)[C@@H]2CC[C@](C)([NH2+][CH2-])[C@@H]3CCC(=C)[C@H]1[C@@H]23. The van der Waals surface area contributed by atoms with E-state index >= 15 is 0 Å². The molecule has 0 aromatic heterocycles. The summed E-state index contributed by atoms with van der Waals surface area (Å²) >= 11 is 0. The number of hydrogen-bond donors (Lipinski definition) is 1. The number of rotatable bonds is 3. The molecule has 3 aliphatic carbocycles. The first kappa shape index (κ1) is 16.3. The maximum atomic E-state index is 4.53. The Bertz CT molecular complexity index is 465. The molecule has 124 valence electrons. The third-order valence-corrected chi connectivity index (χ3v) is 7.48. The van der Waals surface area contributed by atoms with Crippen LogP contribution in [0.25, 0.3) is 0 Å². The maximum Gasteiger partial charge on any atom is 0.0726 e. The van der Waals surface area contributed by atoms with Crippen LogP contribution in [0.1, 0.15) is 59.3 Å². The van der Waals surface area contributed by atoms with E-state index in [-0.39, 0.29) is 0 Å². The molecular weight excluding hydrogens is 266 g/mol. The molecule has 0 aliphatic heterocycles. The van der Waals surface area contributed by atoms with Crippen molar-refractivity contribution in [2.45, 2.75) is 64.8 Å². The summed E-state index contributed by atoms with van der Waals surface area (Å²) in [6.07, 6.45) is 7.91. The van der Waals surface area contributed by atoms with Gasteiger partial charge in [0.1, 0.15) is 0 Å². The first-order valence-electron chi connectivity index (χ1n) is 9.33. The van der Waals surface area contributed by atoms with Crippen LogP contribution in [0.2, 0.25) is 0 Å². The van der Waals surface area contributed by atoms with Crippen molar-refractivity contribution in [1.82, 2.24) is 0 Å². The van der Waals surface area contributed by atoms with Crippen molar-refractivity contribution in [3.8, 4) is 0 Å². The third kappa shape index (κ3) is 2.50. The number of hydrogen-bond acceptors (Lipinski definition) is 0. The molecule has 0 aromatic rings. The predicted octanol–water partition coefficient (Wildman–Crippen LogP) is 4.33. The van der Waals surface area contributed by atoms with Crippen LogP contribution >= 0.6 is 0 Å². The Morgan fingerprint density at radius 1 is 1.41 bits per heavy atom. The van der Waals surface area contributed by atoms with Gasteiger partial charge in [-0.25, -0.2) is 0 Å². The zero-order valence-corrected chi connectivity index (χ0v) is 14.9. The van der Waals surface area contributed by atoms with Crippen molar-refractivity contribution >= 4 is 0 Å². The lowest BCUT2D eigenvalue weighted by Gasteiger charge is -2.60. The van der Waals surface area contributed by atoms with E-state index in [0.29, 0.717) is 5.54 Å². The smallest absolute Gasteiger partial charge is 0.0726 e. The highest BCUT2D eigenvalue weighted by atomic mass is 15.0. The molecule has 3 rings (SSSR count). The fourth-order valence-electron chi connectivity index (χ4n) is 6.43. The highest BCUT2D eigenvalue weighted by Crippen LogP contribution is 2.59. The van der Waals surface area contributed by atoms with Gasteiger partial charge in [-0.15, -0.1) is 6.58 Å². The molecule has 0 spiro atoms. The topological polar surface area (TPSA) is 16.6 Å². The predicted molar refractivity (Wildman–Crippen MR) is 94.0 cm³/mol. The summed E-state index contributed by atoms with van der Waals surface area (Å²) in [4.78, 5) is 0. The number of quaternary nitrogens is 1. The first-order chi connectivity index (χ1) is 10.4. The van der Waals surface area contributed by atoms with Crippen LogP contribution in [-0.4, -0.2) is 5.54 Å². The molecule has 0 bridgehead atoms.